The summed E-state index contributed by atoms with van der Waals surface area (Å²) in [5, 5.41) is 9.76. The molecule has 3 atom stereocenters. The van der Waals surface area contributed by atoms with Gasteiger partial charge in [-0.25, -0.2) is 0 Å². The molecule has 1 amide bonds. The first-order chi connectivity index (χ1) is 7.76. The Balaban J connectivity index is 1.98. The topological polar surface area (TPSA) is 40.5 Å². The Morgan fingerprint density at radius 2 is 2.31 bits per heavy atom. The second-order valence-electron chi connectivity index (χ2n) is 4.79. The molecule has 2 aliphatic rings. The van der Waals surface area contributed by atoms with E-state index in [1.54, 1.807) is 0 Å². The van der Waals surface area contributed by atoms with Gasteiger partial charge in [0.25, 0.3) is 0 Å². The SMILES string of the molecule is CCSC1CCCC1N1CC(CO)CC1=O. The first-order valence-corrected chi connectivity index (χ1v) is 7.33. The van der Waals surface area contributed by atoms with Crippen LogP contribution in [-0.2, 0) is 4.79 Å². The van der Waals surface area contributed by atoms with Gasteiger partial charge in [-0.1, -0.05) is 13.3 Å². The van der Waals surface area contributed by atoms with Crippen molar-refractivity contribution >= 4 is 17.7 Å². The van der Waals surface area contributed by atoms with Crippen LogP contribution in [0.3, 0.4) is 0 Å². The van der Waals surface area contributed by atoms with Gasteiger partial charge >= 0.3 is 0 Å². The summed E-state index contributed by atoms with van der Waals surface area (Å²) in [7, 11) is 0. The molecule has 1 saturated heterocycles. The molecule has 0 aromatic carbocycles. The number of carbonyl (C=O) groups excluding carboxylic acids is 1. The van der Waals surface area contributed by atoms with Crippen molar-refractivity contribution < 1.29 is 9.90 Å². The molecule has 0 aromatic rings. The molecule has 1 aliphatic heterocycles. The lowest BCUT2D eigenvalue weighted by molar-refractivity contribution is -0.129. The molecular weight excluding hydrogens is 222 g/mol. The summed E-state index contributed by atoms with van der Waals surface area (Å²) in [5.41, 5.74) is 0. The highest BCUT2D eigenvalue weighted by Crippen LogP contribution is 2.36. The maximum absolute atomic E-state index is 11.9. The van der Waals surface area contributed by atoms with Crippen LogP contribution in [0, 0.1) is 5.92 Å². The molecular formula is C12H21NO2S. The number of likely N-dealkylation sites (tertiary alicyclic amines) is 1. The van der Waals surface area contributed by atoms with Crippen LogP contribution in [0.4, 0.5) is 0 Å². The van der Waals surface area contributed by atoms with Crippen LogP contribution >= 0.6 is 11.8 Å². The largest absolute Gasteiger partial charge is 0.396 e. The summed E-state index contributed by atoms with van der Waals surface area (Å²) in [4.78, 5) is 13.9. The van der Waals surface area contributed by atoms with Gasteiger partial charge in [0.15, 0.2) is 0 Å². The fraction of sp³-hybridized carbons (Fsp3) is 0.917. The highest BCUT2D eigenvalue weighted by Gasteiger charge is 2.39. The fourth-order valence-corrected chi connectivity index (χ4v) is 4.19. The van der Waals surface area contributed by atoms with Crippen molar-refractivity contribution in [3.05, 3.63) is 0 Å². The number of nitrogens with zero attached hydrogens (tertiary/aromatic N) is 1. The van der Waals surface area contributed by atoms with Gasteiger partial charge in [-0.3, -0.25) is 4.79 Å². The molecule has 3 unspecified atom stereocenters. The monoisotopic (exact) mass is 243 g/mol. The van der Waals surface area contributed by atoms with Gasteiger partial charge in [-0.2, -0.15) is 11.8 Å². The average Bonchev–Trinajstić information content (AvgIpc) is 2.85. The summed E-state index contributed by atoms with van der Waals surface area (Å²) in [6, 6.07) is 0.439. The zero-order valence-corrected chi connectivity index (χ0v) is 10.7. The molecule has 92 valence electrons. The Kier molecular flexibility index (Phi) is 4.14. The van der Waals surface area contributed by atoms with E-state index in [1.807, 2.05) is 16.7 Å². The number of thioether (sulfide) groups is 1. The molecule has 1 N–H and O–H groups in total. The van der Waals surface area contributed by atoms with Crippen LogP contribution in [0.5, 0.6) is 0 Å². The summed E-state index contributed by atoms with van der Waals surface area (Å²) in [6.45, 7) is 3.11. The van der Waals surface area contributed by atoms with Gasteiger partial charge in [0.1, 0.15) is 0 Å². The van der Waals surface area contributed by atoms with Crippen LogP contribution < -0.4 is 0 Å². The second-order valence-corrected chi connectivity index (χ2v) is 6.31. The molecule has 0 spiro atoms. The van der Waals surface area contributed by atoms with Crippen LogP contribution in [-0.4, -0.2) is 46.1 Å². The molecule has 4 heteroatoms. The smallest absolute Gasteiger partial charge is 0.223 e. The van der Waals surface area contributed by atoms with E-state index in [0.29, 0.717) is 17.7 Å². The van der Waals surface area contributed by atoms with Crippen molar-refractivity contribution in [1.29, 1.82) is 0 Å². The number of rotatable bonds is 4. The molecule has 3 nitrogen and oxygen atoms in total. The van der Waals surface area contributed by atoms with E-state index >= 15 is 0 Å². The van der Waals surface area contributed by atoms with Crippen molar-refractivity contribution in [3.8, 4) is 0 Å². The zero-order chi connectivity index (χ0) is 11.5. The fourth-order valence-electron chi connectivity index (χ4n) is 2.92. The van der Waals surface area contributed by atoms with Gasteiger partial charge in [0.05, 0.1) is 0 Å². The van der Waals surface area contributed by atoms with Crippen molar-refractivity contribution in [2.75, 3.05) is 18.9 Å². The minimum Gasteiger partial charge on any atom is -0.396 e. The van der Waals surface area contributed by atoms with Crippen molar-refractivity contribution in [2.45, 2.75) is 43.9 Å². The van der Waals surface area contributed by atoms with Gasteiger partial charge in [0.2, 0.25) is 5.91 Å². The Morgan fingerprint density at radius 1 is 1.50 bits per heavy atom. The van der Waals surface area contributed by atoms with E-state index in [-0.39, 0.29) is 18.4 Å². The molecule has 0 radical (unpaired) electrons. The first kappa shape index (κ1) is 12.2. The summed E-state index contributed by atoms with van der Waals surface area (Å²) in [5.74, 6) is 1.57. The van der Waals surface area contributed by atoms with Gasteiger partial charge in [-0.05, 0) is 18.6 Å². The summed E-state index contributed by atoms with van der Waals surface area (Å²) < 4.78 is 0. The molecule has 0 bridgehead atoms. The summed E-state index contributed by atoms with van der Waals surface area (Å²) >= 11 is 1.99. The van der Waals surface area contributed by atoms with E-state index in [2.05, 4.69) is 6.92 Å². The molecule has 0 aromatic heterocycles. The quantitative estimate of drug-likeness (QED) is 0.813. The Bertz CT molecular complexity index is 259. The van der Waals surface area contributed by atoms with Gasteiger partial charge < -0.3 is 10.0 Å². The number of hydrogen-bond acceptors (Lipinski definition) is 3. The highest BCUT2D eigenvalue weighted by atomic mass is 32.2. The van der Waals surface area contributed by atoms with Crippen LogP contribution in [0.15, 0.2) is 0 Å². The van der Waals surface area contributed by atoms with Crippen molar-refractivity contribution in [1.82, 2.24) is 4.90 Å². The molecule has 2 rings (SSSR count). The van der Waals surface area contributed by atoms with Crippen LogP contribution in [0.1, 0.15) is 32.6 Å². The van der Waals surface area contributed by atoms with Crippen LogP contribution in [0.2, 0.25) is 0 Å². The lowest BCUT2D eigenvalue weighted by Crippen LogP contribution is -2.40. The molecule has 16 heavy (non-hydrogen) atoms. The number of carbonyl (C=O) groups is 1. The minimum atomic E-state index is 0.153. The maximum Gasteiger partial charge on any atom is 0.223 e. The molecule has 2 fully saturated rings. The standard InChI is InChI=1S/C12H21NO2S/c1-2-16-11-5-3-4-10(11)13-7-9(8-14)6-12(13)15/h9-11,14H,2-8H2,1H3. The maximum atomic E-state index is 11.9. The Labute approximate surface area is 102 Å². The number of amides is 1. The number of aliphatic hydroxyl groups excluding tert-OH is 1. The average molecular weight is 243 g/mol. The predicted molar refractivity (Wildman–Crippen MR) is 66.5 cm³/mol. The van der Waals surface area contributed by atoms with Gasteiger partial charge in [0, 0.05) is 36.8 Å². The third-order valence-corrected chi connectivity index (χ3v) is 5.01. The first-order valence-electron chi connectivity index (χ1n) is 6.28. The lowest BCUT2D eigenvalue weighted by Gasteiger charge is -2.29. The Hall–Kier alpha value is -0.220. The third-order valence-electron chi connectivity index (χ3n) is 3.70. The van der Waals surface area contributed by atoms with Crippen LogP contribution in [0.25, 0.3) is 0 Å². The molecule has 1 aliphatic carbocycles. The normalized spacial score (nSPS) is 35.0. The molecule has 1 heterocycles. The van der Waals surface area contributed by atoms with E-state index in [0.717, 1.165) is 18.7 Å². The predicted octanol–water partition coefficient (Wildman–Crippen LogP) is 1.50. The number of hydrogen-bond donors (Lipinski definition) is 1. The van der Waals surface area contributed by atoms with E-state index < -0.39 is 0 Å². The third kappa shape index (κ3) is 2.38. The van der Waals surface area contributed by atoms with Crippen molar-refractivity contribution in [3.63, 3.8) is 0 Å². The molecule has 1 saturated carbocycles. The van der Waals surface area contributed by atoms with Gasteiger partial charge in [-0.15, -0.1) is 0 Å². The summed E-state index contributed by atoms with van der Waals surface area (Å²) in [6.07, 6.45) is 4.20. The van der Waals surface area contributed by atoms with E-state index in [4.69, 9.17) is 5.11 Å². The number of aliphatic hydroxyl groups is 1. The van der Waals surface area contributed by atoms with Crippen molar-refractivity contribution in [2.24, 2.45) is 5.92 Å². The van der Waals surface area contributed by atoms with E-state index in [1.165, 1.54) is 12.8 Å². The lowest BCUT2D eigenvalue weighted by atomic mass is 10.1. The van der Waals surface area contributed by atoms with E-state index in [9.17, 15) is 4.79 Å². The second kappa shape index (κ2) is 5.41. The zero-order valence-electron chi connectivity index (χ0n) is 9.89. The Morgan fingerprint density at radius 3 is 2.94 bits per heavy atom. The highest BCUT2D eigenvalue weighted by molar-refractivity contribution is 7.99. The minimum absolute atomic E-state index is 0.153.